The van der Waals surface area contributed by atoms with Crippen LogP contribution in [0.25, 0.3) is 0 Å². The SMILES string of the molecule is CCC(C)N(CCOC)C(=O)N(C)C1COCC1C(=O)O. The van der Waals surface area contributed by atoms with Gasteiger partial charge in [-0.05, 0) is 13.3 Å². The third kappa shape index (κ3) is 4.31. The Hall–Kier alpha value is -1.34. The Balaban J connectivity index is 2.79. The maximum Gasteiger partial charge on any atom is 0.320 e. The predicted molar refractivity (Wildman–Crippen MR) is 77.2 cm³/mol. The number of aliphatic carboxylic acids is 1. The van der Waals surface area contributed by atoms with Crippen LogP contribution >= 0.6 is 0 Å². The van der Waals surface area contributed by atoms with Crippen LogP contribution in [-0.4, -0.2) is 79.5 Å². The van der Waals surface area contributed by atoms with E-state index in [1.807, 2.05) is 13.8 Å². The molecule has 0 aromatic rings. The molecular weight excluding hydrogens is 276 g/mol. The quantitative estimate of drug-likeness (QED) is 0.755. The Morgan fingerprint density at radius 3 is 2.62 bits per heavy atom. The first-order valence-electron chi connectivity index (χ1n) is 7.26. The summed E-state index contributed by atoms with van der Waals surface area (Å²) in [6, 6.07) is -0.534. The van der Waals surface area contributed by atoms with Crippen LogP contribution in [0.1, 0.15) is 20.3 Å². The van der Waals surface area contributed by atoms with Crippen LogP contribution < -0.4 is 0 Å². The Morgan fingerprint density at radius 2 is 2.10 bits per heavy atom. The number of urea groups is 1. The third-order valence-electron chi connectivity index (χ3n) is 4.07. The first kappa shape index (κ1) is 17.7. The van der Waals surface area contributed by atoms with Crippen molar-refractivity contribution in [3.8, 4) is 0 Å². The Labute approximate surface area is 125 Å². The van der Waals surface area contributed by atoms with E-state index >= 15 is 0 Å². The molecule has 1 saturated heterocycles. The van der Waals surface area contributed by atoms with Crippen molar-refractivity contribution in [2.24, 2.45) is 5.92 Å². The minimum Gasteiger partial charge on any atom is -0.481 e. The van der Waals surface area contributed by atoms with Gasteiger partial charge in [0.1, 0.15) is 5.92 Å². The van der Waals surface area contributed by atoms with Crippen LogP contribution in [0.2, 0.25) is 0 Å². The van der Waals surface area contributed by atoms with Crippen LogP contribution in [0, 0.1) is 5.92 Å². The normalized spacial score (nSPS) is 22.9. The molecule has 7 nitrogen and oxygen atoms in total. The van der Waals surface area contributed by atoms with E-state index < -0.39 is 17.9 Å². The molecule has 0 spiro atoms. The first-order chi connectivity index (χ1) is 9.93. The lowest BCUT2D eigenvalue weighted by atomic mass is 10.0. The molecule has 7 heteroatoms. The number of likely N-dealkylation sites (N-methyl/N-ethyl adjacent to an activating group) is 1. The average molecular weight is 302 g/mol. The largest absolute Gasteiger partial charge is 0.481 e. The molecular formula is C14H26N2O5. The second kappa shape index (κ2) is 8.19. The summed E-state index contributed by atoms with van der Waals surface area (Å²) in [6.07, 6.45) is 0.826. The molecule has 21 heavy (non-hydrogen) atoms. The molecule has 3 unspecified atom stereocenters. The van der Waals surface area contributed by atoms with Gasteiger partial charge in [0.05, 0.1) is 25.9 Å². The van der Waals surface area contributed by atoms with Crippen molar-refractivity contribution in [3.05, 3.63) is 0 Å². The van der Waals surface area contributed by atoms with Gasteiger partial charge >= 0.3 is 12.0 Å². The summed E-state index contributed by atoms with van der Waals surface area (Å²) in [6.45, 7) is 5.34. The number of nitrogens with zero attached hydrogens (tertiary/aromatic N) is 2. The monoisotopic (exact) mass is 302 g/mol. The van der Waals surface area contributed by atoms with Crippen molar-refractivity contribution in [1.29, 1.82) is 0 Å². The van der Waals surface area contributed by atoms with Crippen molar-refractivity contribution in [1.82, 2.24) is 9.80 Å². The second-order valence-corrected chi connectivity index (χ2v) is 5.39. The first-order valence-corrected chi connectivity index (χ1v) is 7.26. The molecule has 0 saturated carbocycles. The maximum atomic E-state index is 12.7. The van der Waals surface area contributed by atoms with Crippen LogP contribution in [0.4, 0.5) is 4.79 Å². The van der Waals surface area contributed by atoms with Gasteiger partial charge in [0.2, 0.25) is 0 Å². The van der Waals surface area contributed by atoms with Gasteiger partial charge in [0.15, 0.2) is 0 Å². The standard InChI is InChI=1S/C14H26N2O5/c1-5-10(2)16(6-7-20-4)14(19)15(3)12-9-21-8-11(12)13(17)18/h10-12H,5-9H2,1-4H3,(H,17,18). The van der Waals surface area contributed by atoms with Crippen LogP contribution in [0.3, 0.4) is 0 Å². The lowest BCUT2D eigenvalue weighted by molar-refractivity contribution is -0.142. The van der Waals surface area contributed by atoms with E-state index in [2.05, 4.69) is 0 Å². The summed E-state index contributed by atoms with van der Waals surface area (Å²) in [5.74, 6) is -1.59. The number of carbonyl (C=O) groups excluding carboxylic acids is 1. The van der Waals surface area contributed by atoms with E-state index in [0.29, 0.717) is 13.2 Å². The van der Waals surface area contributed by atoms with Gasteiger partial charge in [-0.15, -0.1) is 0 Å². The summed E-state index contributed by atoms with van der Waals surface area (Å²) < 4.78 is 10.3. The number of methoxy groups -OCH3 is 1. The zero-order valence-electron chi connectivity index (χ0n) is 13.2. The van der Waals surface area contributed by atoms with Crippen LogP contribution in [0.5, 0.6) is 0 Å². The highest BCUT2D eigenvalue weighted by Gasteiger charge is 2.39. The highest BCUT2D eigenvalue weighted by atomic mass is 16.5. The molecule has 3 atom stereocenters. The maximum absolute atomic E-state index is 12.7. The fourth-order valence-electron chi connectivity index (χ4n) is 2.42. The Kier molecular flexibility index (Phi) is 6.91. The number of carboxylic acids is 1. The van der Waals surface area contributed by atoms with E-state index in [-0.39, 0.29) is 25.3 Å². The highest BCUT2D eigenvalue weighted by Crippen LogP contribution is 2.21. The summed E-state index contributed by atoms with van der Waals surface area (Å²) in [5, 5.41) is 9.20. The molecule has 1 aliphatic rings. The van der Waals surface area contributed by atoms with Crippen LogP contribution in [0.15, 0.2) is 0 Å². The van der Waals surface area contributed by atoms with Gasteiger partial charge in [0.25, 0.3) is 0 Å². The number of amides is 2. The van der Waals surface area contributed by atoms with E-state index in [1.54, 1.807) is 19.1 Å². The molecule has 0 aromatic heterocycles. The average Bonchev–Trinajstić information content (AvgIpc) is 2.95. The highest BCUT2D eigenvalue weighted by molar-refractivity contribution is 5.77. The number of hydrogen-bond acceptors (Lipinski definition) is 4. The third-order valence-corrected chi connectivity index (χ3v) is 4.07. The summed E-state index contributed by atoms with van der Waals surface area (Å²) in [4.78, 5) is 27.1. The predicted octanol–water partition coefficient (Wildman–Crippen LogP) is 0.885. The van der Waals surface area contributed by atoms with Crippen molar-refractivity contribution < 1.29 is 24.2 Å². The second-order valence-electron chi connectivity index (χ2n) is 5.39. The molecule has 0 aromatic carbocycles. The van der Waals surface area contributed by atoms with E-state index in [4.69, 9.17) is 9.47 Å². The van der Waals surface area contributed by atoms with Gasteiger partial charge in [-0.2, -0.15) is 0 Å². The molecule has 1 rings (SSSR count). The lowest BCUT2D eigenvalue weighted by Crippen LogP contribution is -2.52. The summed E-state index contributed by atoms with van der Waals surface area (Å²) in [5.41, 5.74) is 0. The molecule has 1 heterocycles. The zero-order chi connectivity index (χ0) is 16.0. The van der Waals surface area contributed by atoms with Crippen LogP contribution in [-0.2, 0) is 14.3 Å². The Bertz CT molecular complexity index is 363. The smallest absolute Gasteiger partial charge is 0.320 e. The number of hydrogen-bond donors (Lipinski definition) is 1. The molecule has 0 bridgehead atoms. The number of carbonyl (C=O) groups is 2. The lowest BCUT2D eigenvalue weighted by Gasteiger charge is -2.35. The van der Waals surface area contributed by atoms with Crippen molar-refractivity contribution in [2.75, 3.05) is 40.5 Å². The number of carboxylic acid groups (broad SMARTS) is 1. The van der Waals surface area contributed by atoms with Crippen molar-refractivity contribution >= 4 is 12.0 Å². The molecule has 2 amide bonds. The zero-order valence-corrected chi connectivity index (χ0v) is 13.2. The number of ether oxygens (including phenoxy) is 2. The fraction of sp³-hybridized carbons (Fsp3) is 0.857. The number of rotatable bonds is 7. The molecule has 1 aliphatic heterocycles. The van der Waals surface area contributed by atoms with Gasteiger partial charge in [-0.1, -0.05) is 6.92 Å². The van der Waals surface area contributed by atoms with Gasteiger partial charge < -0.3 is 24.4 Å². The topological polar surface area (TPSA) is 79.3 Å². The van der Waals surface area contributed by atoms with E-state index in [0.717, 1.165) is 6.42 Å². The summed E-state index contributed by atoms with van der Waals surface area (Å²) >= 11 is 0. The molecule has 0 radical (unpaired) electrons. The minimum atomic E-state index is -0.927. The molecule has 0 aliphatic carbocycles. The van der Waals surface area contributed by atoms with E-state index in [1.165, 1.54) is 4.90 Å². The van der Waals surface area contributed by atoms with Crippen molar-refractivity contribution in [2.45, 2.75) is 32.4 Å². The molecule has 1 fully saturated rings. The Morgan fingerprint density at radius 1 is 1.43 bits per heavy atom. The van der Waals surface area contributed by atoms with Gasteiger partial charge in [-0.3, -0.25) is 4.79 Å². The molecule has 1 N–H and O–H groups in total. The minimum absolute atomic E-state index is 0.0701. The fourth-order valence-corrected chi connectivity index (χ4v) is 2.42. The molecule has 122 valence electrons. The van der Waals surface area contributed by atoms with Gasteiger partial charge in [0, 0.05) is 26.7 Å². The van der Waals surface area contributed by atoms with Crippen molar-refractivity contribution in [3.63, 3.8) is 0 Å². The van der Waals surface area contributed by atoms with Gasteiger partial charge in [-0.25, -0.2) is 4.79 Å². The summed E-state index contributed by atoms with van der Waals surface area (Å²) in [7, 11) is 3.23. The van der Waals surface area contributed by atoms with E-state index in [9.17, 15) is 14.7 Å².